The summed E-state index contributed by atoms with van der Waals surface area (Å²) in [6.45, 7) is 3.11. The van der Waals surface area contributed by atoms with Gasteiger partial charge in [0.15, 0.2) is 11.5 Å². The van der Waals surface area contributed by atoms with Crippen LogP contribution in [0.1, 0.15) is 31.4 Å². The fourth-order valence-electron chi connectivity index (χ4n) is 2.66. The minimum atomic E-state index is -0.988. The van der Waals surface area contributed by atoms with Gasteiger partial charge in [-0.05, 0) is 38.2 Å². The van der Waals surface area contributed by atoms with Gasteiger partial charge in [-0.2, -0.15) is 0 Å². The molecule has 2 unspecified atom stereocenters. The van der Waals surface area contributed by atoms with Crippen LogP contribution >= 0.6 is 0 Å². The van der Waals surface area contributed by atoms with E-state index in [1.807, 2.05) is 0 Å². The van der Waals surface area contributed by atoms with E-state index >= 15 is 0 Å². The molecule has 0 aliphatic rings. The van der Waals surface area contributed by atoms with Crippen LogP contribution in [-0.4, -0.2) is 49.8 Å². The van der Waals surface area contributed by atoms with Gasteiger partial charge >= 0.3 is 13.0 Å². The second-order valence-electron chi connectivity index (χ2n) is 6.09. The number of hydrogen-bond donors (Lipinski definition) is 2. The molecule has 1 rings (SSSR count). The van der Waals surface area contributed by atoms with E-state index in [0.29, 0.717) is 6.42 Å². The standard InChI is InChI=1S/C16H24BN5O7/c1-10(11-8-14(27-3)15(28-4)9-13(11)22(25)26)29-16(23)12(20-17(2)24)6-5-7-19-21-18/h8-10,12,20,24H,5-7H2,1-4H3. The van der Waals surface area contributed by atoms with Gasteiger partial charge in [0.1, 0.15) is 6.10 Å². The molecule has 0 amide bonds. The first-order valence-electron chi connectivity index (χ1n) is 8.80. The molecule has 1 aromatic carbocycles. The summed E-state index contributed by atoms with van der Waals surface area (Å²) in [7, 11) is 1.75. The van der Waals surface area contributed by atoms with Crippen molar-refractivity contribution in [2.24, 2.45) is 5.11 Å². The topological polar surface area (TPSA) is 169 Å². The first kappa shape index (κ1) is 24.0. The van der Waals surface area contributed by atoms with Crippen LogP contribution < -0.4 is 14.7 Å². The Hall–Kier alpha value is -3.02. The Kier molecular flexibility index (Phi) is 9.73. The molecule has 29 heavy (non-hydrogen) atoms. The summed E-state index contributed by atoms with van der Waals surface area (Å²) in [4.78, 5) is 26.0. The minimum Gasteiger partial charge on any atom is -0.493 e. The molecule has 2 atom stereocenters. The Bertz CT molecular complexity index is 770. The number of azide groups is 1. The van der Waals surface area contributed by atoms with Gasteiger partial charge in [0.25, 0.3) is 5.69 Å². The van der Waals surface area contributed by atoms with E-state index in [4.69, 9.17) is 19.7 Å². The molecule has 0 saturated carbocycles. The Morgan fingerprint density at radius 2 is 2.03 bits per heavy atom. The first-order valence-corrected chi connectivity index (χ1v) is 8.80. The zero-order valence-electron chi connectivity index (χ0n) is 16.7. The normalized spacial score (nSPS) is 12.3. The fraction of sp³-hybridized carbons (Fsp3) is 0.562. The molecular formula is C16H24BN5O7. The Morgan fingerprint density at radius 3 is 2.55 bits per heavy atom. The molecule has 0 aliphatic carbocycles. The highest BCUT2D eigenvalue weighted by Gasteiger charge is 2.29. The number of methoxy groups -OCH3 is 2. The van der Waals surface area contributed by atoms with Gasteiger partial charge in [-0.3, -0.25) is 14.9 Å². The van der Waals surface area contributed by atoms with Crippen LogP contribution in [0.5, 0.6) is 11.5 Å². The van der Waals surface area contributed by atoms with Crippen molar-refractivity contribution in [1.29, 1.82) is 0 Å². The second-order valence-corrected chi connectivity index (χ2v) is 6.09. The number of nitrogens with zero attached hydrogens (tertiary/aromatic N) is 4. The number of nitro groups is 1. The lowest BCUT2D eigenvalue weighted by Crippen LogP contribution is -2.45. The lowest BCUT2D eigenvalue weighted by molar-refractivity contribution is -0.386. The SMILES string of the molecule is COc1cc(C(C)OC(=O)C(CCCN=[N+]=[N-])NB(C)O)c([N+](=O)[O-])cc1OC. The molecule has 0 spiro atoms. The van der Waals surface area contributed by atoms with Gasteiger partial charge < -0.3 is 24.5 Å². The number of nitrogens with one attached hydrogen (secondary N) is 1. The molecule has 0 saturated heterocycles. The summed E-state index contributed by atoms with van der Waals surface area (Å²) >= 11 is 0. The highest BCUT2D eigenvalue weighted by Crippen LogP contribution is 2.38. The molecular weight excluding hydrogens is 385 g/mol. The van der Waals surface area contributed by atoms with E-state index in [9.17, 15) is 19.9 Å². The molecule has 12 nitrogen and oxygen atoms in total. The maximum Gasteiger partial charge on any atom is 0.374 e. The Balaban J connectivity index is 3.06. The zero-order valence-corrected chi connectivity index (χ0v) is 16.7. The quantitative estimate of drug-likeness (QED) is 0.0775. The van der Waals surface area contributed by atoms with Crippen LogP contribution in [0, 0.1) is 10.1 Å². The van der Waals surface area contributed by atoms with E-state index in [0.717, 1.165) is 0 Å². The minimum absolute atomic E-state index is 0.130. The zero-order chi connectivity index (χ0) is 22.0. The van der Waals surface area contributed by atoms with E-state index in [-0.39, 0.29) is 35.7 Å². The highest BCUT2D eigenvalue weighted by atomic mass is 16.6. The third-order valence-electron chi connectivity index (χ3n) is 4.00. The van der Waals surface area contributed by atoms with Gasteiger partial charge in [-0.15, -0.1) is 0 Å². The van der Waals surface area contributed by atoms with Crippen LogP contribution in [0.2, 0.25) is 6.82 Å². The third-order valence-corrected chi connectivity index (χ3v) is 4.00. The van der Waals surface area contributed by atoms with Crippen LogP contribution in [0.25, 0.3) is 10.4 Å². The number of carbonyl (C=O) groups excluding carboxylic acids is 1. The van der Waals surface area contributed by atoms with Crippen LogP contribution in [0.4, 0.5) is 5.69 Å². The van der Waals surface area contributed by atoms with E-state index in [2.05, 4.69) is 15.3 Å². The average molecular weight is 409 g/mol. The lowest BCUT2D eigenvalue weighted by Gasteiger charge is -2.21. The number of ether oxygens (including phenoxy) is 3. The number of carbonyl (C=O) groups is 1. The van der Waals surface area contributed by atoms with Crippen molar-refractivity contribution in [2.75, 3.05) is 20.8 Å². The monoisotopic (exact) mass is 409 g/mol. The molecule has 0 aromatic heterocycles. The highest BCUT2D eigenvalue weighted by molar-refractivity contribution is 6.46. The van der Waals surface area contributed by atoms with Crippen LogP contribution in [0.15, 0.2) is 17.2 Å². The van der Waals surface area contributed by atoms with Crippen molar-refractivity contribution in [3.05, 3.63) is 38.3 Å². The summed E-state index contributed by atoms with van der Waals surface area (Å²) in [5.41, 5.74) is 8.16. The molecule has 2 N–H and O–H groups in total. The van der Waals surface area contributed by atoms with Crippen LogP contribution in [-0.2, 0) is 9.53 Å². The van der Waals surface area contributed by atoms with Crippen molar-refractivity contribution in [2.45, 2.75) is 38.7 Å². The molecule has 0 radical (unpaired) electrons. The predicted molar refractivity (Wildman–Crippen MR) is 105 cm³/mol. The van der Waals surface area contributed by atoms with Gasteiger partial charge in [0, 0.05) is 11.5 Å². The number of hydrogen-bond acceptors (Lipinski definition) is 9. The second kappa shape index (κ2) is 11.7. The Labute approximate surface area is 168 Å². The number of nitro benzene ring substituents is 1. The summed E-state index contributed by atoms with van der Waals surface area (Å²) < 4.78 is 15.7. The smallest absolute Gasteiger partial charge is 0.374 e. The summed E-state index contributed by atoms with van der Waals surface area (Å²) in [5.74, 6) is -0.277. The molecule has 0 fully saturated rings. The maximum atomic E-state index is 12.6. The van der Waals surface area contributed by atoms with Crippen molar-refractivity contribution < 1.29 is 29.0 Å². The number of rotatable bonds is 12. The maximum absolute atomic E-state index is 12.6. The van der Waals surface area contributed by atoms with E-state index in [1.165, 1.54) is 40.1 Å². The molecule has 0 heterocycles. The summed E-state index contributed by atoms with van der Waals surface area (Å²) in [6.07, 6.45) is -0.351. The molecule has 13 heteroatoms. The van der Waals surface area contributed by atoms with Crippen molar-refractivity contribution in [3.8, 4) is 11.5 Å². The molecule has 158 valence electrons. The third kappa shape index (κ3) is 7.14. The van der Waals surface area contributed by atoms with Crippen molar-refractivity contribution in [3.63, 3.8) is 0 Å². The molecule has 0 bridgehead atoms. The molecule has 0 aliphatic heterocycles. The van der Waals surface area contributed by atoms with Gasteiger partial charge in [-0.25, -0.2) is 0 Å². The summed E-state index contributed by atoms with van der Waals surface area (Å²) in [5, 5.41) is 27.0. The van der Waals surface area contributed by atoms with Gasteiger partial charge in [0.05, 0.1) is 36.8 Å². The number of benzene rings is 1. The fourth-order valence-corrected chi connectivity index (χ4v) is 2.66. The summed E-state index contributed by atoms with van der Waals surface area (Å²) in [6, 6.07) is 1.70. The van der Waals surface area contributed by atoms with Crippen LogP contribution in [0.3, 0.4) is 0 Å². The van der Waals surface area contributed by atoms with Gasteiger partial charge in [-0.1, -0.05) is 5.11 Å². The van der Waals surface area contributed by atoms with Gasteiger partial charge in [0.2, 0.25) is 0 Å². The molecule has 1 aromatic rings. The number of esters is 1. The van der Waals surface area contributed by atoms with E-state index in [1.54, 1.807) is 0 Å². The largest absolute Gasteiger partial charge is 0.493 e. The van der Waals surface area contributed by atoms with Crippen molar-refractivity contribution >= 4 is 18.7 Å². The average Bonchev–Trinajstić information content (AvgIpc) is 2.68. The Morgan fingerprint density at radius 1 is 1.41 bits per heavy atom. The lowest BCUT2D eigenvalue weighted by atomic mass is 9.86. The van der Waals surface area contributed by atoms with E-state index < -0.39 is 30.1 Å². The predicted octanol–water partition coefficient (Wildman–Crippen LogP) is 2.38. The van der Waals surface area contributed by atoms with Crippen molar-refractivity contribution in [1.82, 2.24) is 5.23 Å². The first-order chi connectivity index (χ1) is 13.7.